The number of nitrogens with one attached hydrogen (secondary N) is 1. The number of thiophene rings is 1. The minimum Gasteiger partial charge on any atom is -0.397 e. The van der Waals surface area contributed by atoms with Crippen molar-refractivity contribution in [3.05, 3.63) is 10.4 Å². The van der Waals surface area contributed by atoms with E-state index in [0.717, 1.165) is 13.0 Å². The van der Waals surface area contributed by atoms with Crippen LogP contribution < -0.4 is 16.8 Å². The SMILES string of the molecule is CCCC1(CNc2sc(C(C)=O)c(N)c2C(N)=O)CC1. The van der Waals surface area contributed by atoms with Crippen LogP contribution in [0.2, 0.25) is 0 Å². The molecule has 1 amide bonds. The molecule has 0 radical (unpaired) electrons. The third-order valence-electron chi connectivity index (χ3n) is 3.87. The highest BCUT2D eigenvalue weighted by molar-refractivity contribution is 7.19. The highest BCUT2D eigenvalue weighted by atomic mass is 32.1. The van der Waals surface area contributed by atoms with Crippen molar-refractivity contribution in [3.63, 3.8) is 0 Å². The van der Waals surface area contributed by atoms with E-state index in [1.54, 1.807) is 0 Å². The summed E-state index contributed by atoms with van der Waals surface area (Å²) in [6, 6.07) is 0. The van der Waals surface area contributed by atoms with Gasteiger partial charge in [-0.25, -0.2) is 0 Å². The number of hydrogen-bond donors (Lipinski definition) is 3. The Kier molecular flexibility index (Phi) is 4.04. The first-order valence-electron chi connectivity index (χ1n) is 6.87. The summed E-state index contributed by atoms with van der Waals surface area (Å²) >= 11 is 1.22. The maximum Gasteiger partial charge on any atom is 0.253 e. The predicted octanol–water partition coefficient (Wildman–Crippen LogP) is 2.62. The topological polar surface area (TPSA) is 98.2 Å². The van der Waals surface area contributed by atoms with Gasteiger partial charge in [0, 0.05) is 13.5 Å². The van der Waals surface area contributed by atoms with Gasteiger partial charge in [-0.05, 0) is 24.7 Å². The highest BCUT2D eigenvalue weighted by Crippen LogP contribution is 2.50. The summed E-state index contributed by atoms with van der Waals surface area (Å²) in [5, 5.41) is 3.91. The van der Waals surface area contributed by atoms with Gasteiger partial charge in [-0.15, -0.1) is 11.3 Å². The maximum atomic E-state index is 11.5. The molecule has 0 aromatic carbocycles. The first-order valence-corrected chi connectivity index (χ1v) is 7.69. The van der Waals surface area contributed by atoms with Gasteiger partial charge in [0.2, 0.25) is 0 Å². The summed E-state index contributed by atoms with van der Waals surface area (Å²) < 4.78 is 0. The van der Waals surface area contributed by atoms with Crippen molar-refractivity contribution in [2.45, 2.75) is 39.5 Å². The van der Waals surface area contributed by atoms with Crippen LogP contribution in [-0.2, 0) is 0 Å². The van der Waals surface area contributed by atoms with Crippen molar-refractivity contribution in [2.24, 2.45) is 11.1 Å². The Bertz CT molecular complexity index is 547. The van der Waals surface area contributed by atoms with E-state index in [1.165, 1.54) is 37.5 Å². The Morgan fingerprint density at radius 1 is 1.40 bits per heavy atom. The summed E-state index contributed by atoms with van der Waals surface area (Å²) in [6.07, 6.45) is 4.74. The van der Waals surface area contributed by atoms with Crippen molar-refractivity contribution < 1.29 is 9.59 Å². The van der Waals surface area contributed by atoms with Gasteiger partial charge >= 0.3 is 0 Å². The zero-order valence-electron chi connectivity index (χ0n) is 11.9. The fourth-order valence-electron chi connectivity index (χ4n) is 2.56. The number of ketones is 1. The van der Waals surface area contributed by atoms with E-state index in [4.69, 9.17) is 11.5 Å². The van der Waals surface area contributed by atoms with E-state index >= 15 is 0 Å². The molecule has 5 nitrogen and oxygen atoms in total. The fourth-order valence-corrected chi connectivity index (χ4v) is 3.58. The second kappa shape index (κ2) is 5.44. The molecule has 0 bridgehead atoms. The van der Waals surface area contributed by atoms with Crippen LogP contribution in [0.4, 0.5) is 10.7 Å². The van der Waals surface area contributed by atoms with Gasteiger partial charge in [0.15, 0.2) is 5.78 Å². The largest absolute Gasteiger partial charge is 0.397 e. The molecule has 1 aromatic rings. The van der Waals surface area contributed by atoms with Crippen LogP contribution in [0, 0.1) is 5.41 Å². The van der Waals surface area contributed by atoms with Gasteiger partial charge in [0.05, 0.1) is 16.1 Å². The Morgan fingerprint density at radius 2 is 2.05 bits per heavy atom. The first kappa shape index (κ1) is 14.8. The second-order valence-corrected chi connectivity index (χ2v) is 6.59. The summed E-state index contributed by atoms with van der Waals surface area (Å²) in [7, 11) is 0. The zero-order valence-corrected chi connectivity index (χ0v) is 12.7. The Balaban J connectivity index is 2.20. The quantitative estimate of drug-likeness (QED) is 0.673. The van der Waals surface area contributed by atoms with Crippen molar-refractivity contribution >= 4 is 33.7 Å². The lowest BCUT2D eigenvalue weighted by Gasteiger charge is -2.15. The predicted molar refractivity (Wildman–Crippen MR) is 82.3 cm³/mol. The number of primary amides is 1. The van der Waals surface area contributed by atoms with Crippen LogP contribution in [-0.4, -0.2) is 18.2 Å². The second-order valence-electron chi connectivity index (χ2n) is 5.57. The maximum absolute atomic E-state index is 11.5. The van der Waals surface area contributed by atoms with Gasteiger partial charge in [0.1, 0.15) is 5.00 Å². The molecule has 1 aliphatic carbocycles. The van der Waals surface area contributed by atoms with Crippen LogP contribution in [0.25, 0.3) is 0 Å². The minimum atomic E-state index is -0.589. The lowest BCUT2D eigenvalue weighted by Crippen LogP contribution is -2.18. The molecular weight excluding hydrogens is 274 g/mol. The molecule has 0 spiro atoms. The van der Waals surface area contributed by atoms with E-state index in [1.807, 2.05) is 0 Å². The van der Waals surface area contributed by atoms with Gasteiger partial charge in [-0.2, -0.15) is 0 Å². The number of nitrogen functional groups attached to an aromatic ring is 1. The van der Waals surface area contributed by atoms with Crippen LogP contribution in [0.3, 0.4) is 0 Å². The van der Waals surface area contributed by atoms with Gasteiger partial charge in [-0.1, -0.05) is 13.3 Å². The van der Waals surface area contributed by atoms with Crippen LogP contribution in [0.15, 0.2) is 0 Å². The summed E-state index contributed by atoms with van der Waals surface area (Å²) in [5.74, 6) is -0.730. The molecule has 5 N–H and O–H groups in total. The molecule has 0 unspecified atom stereocenters. The number of anilines is 2. The molecular formula is C14H21N3O2S. The van der Waals surface area contributed by atoms with Crippen molar-refractivity contribution in [3.8, 4) is 0 Å². The Hall–Kier alpha value is -1.56. The summed E-state index contributed by atoms with van der Waals surface area (Å²) in [5.41, 5.74) is 12.1. The molecule has 0 saturated heterocycles. The van der Waals surface area contributed by atoms with Crippen molar-refractivity contribution in [1.29, 1.82) is 0 Å². The summed E-state index contributed by atoms with van der Waals surface area (Å²) in [6.45, 7) is 4.42. The molecule has 1 saturated carbocycles. The Labute approximate surface area is 122 Å². The number of carbonyl (C=O) groups is 2. The van der Waals surface area contributed by atoms with Crippen LogP contribution in [0.5, 0.6) is 0 Å². The number of rotatable bonds is 7. The molecule has 1 fully saturated rings. The number of hydrogen-bond acceptors (Lipinski definition) is 5. The molecule has 0 atom stereocenters. The fraction of sp³-hybridized carbons (Fsp3) is 0.571. The molecule has 1 aliphatic rings. The first-order chi connectivity index (χ1) is 9.40. The van der Waals surface area contributed by atoms with Crippen molar-refractivity contribution in [2.75, 3.05) is 17.6 Å². The number of Topliss-reactive ketones (excluding diaryl/α,β-unsaturated/α-hetero) is 1. The highest BCUT2D eigenvalue weighted by Gasteiger charge is 2.41. The zero-order chi connectivity index (χ0) is 14.9. The lowest BCUT2D eigenvalue weighted by molar-refractivity contribution is 0.100. The molecule has 110 valence electrons. The number of amides is 1. The average Bonchev–Trinajstić information content (AvgIpc) is 3.03. The third kappa shape index (κ3) is 2.80. The van der Waals surface area contributed by atoms with Crippen LogP contribution >= 0.6 is 11.3 Å². The van der Waals surface area contributed by atoms with Crippen LogP contribution in [0.1, 0.15) is 59.6 Å². The monoisotopic (exact) mass is 295 g/mol. The minimum absolute atomic E-state index is 0.141. The van der Waals surface area contributed by atoms with E-state index in [9.17, 15) is 9.59 Å². The molecule has 6 heteroatoms. The number of nitrogens with two attached hydrogens (primary N) is 2. The standard InChI is InChI=1S/C14H21N3O2S/c1-3-4-14(5-6-14)7-17-13-9(12(16)19)10(15)11(20-13)8(2)18/h17H,3-7,15H2,1-2H3,(H2,16,19). The molecule has 1 aromatic heterocycles. The van der Waals surface area contributed by atoms with Gasteiger partial charge in [-0.3, -0.25) is 9.59 Å². The number of carbonyl (C=O) groups excluding carboxylic acids is 2. The molecule has 2 rings (SSSR count). The summed E-state index contributed by atoms with van der Waals surface area (Å²) in [4.78, 5) is 23.5. The lowest BCUT2D eigenvalue weighted by atomic mass is 10.0. The molecule has 1 heterocycles. The van der Waals surface area contributed by atoms with E-state index in [2.05, 4.69) is 12.2 Å². The Morgan fingerprint density at radius 3 is 2.50 bits per heavy atom. The van der Waals surface area contributed by atoms with E-state index < -0.39 is 5.91 Å². The van der Waals surface area contributed by atoms with Gasteiger partial charge < -0.3 is 16.8 Å². The normalized spacial score (nSPS) is 15.9. The molecule has 0 aliphatic heterocycles. The average molecular weight is 295 g/mol. The van der Waals surface area contributed by atoms with Crippen molar-refractivity contribution in [1.82, 2.24) is 0 Å². The van der Waals surface area contributed by atoms with E-state index in [-0.39, 0.29) is 17.0 Å². The smallest absolute Gasteiger partial charge is 0.253 e. The van der Waals surface area contributed by atoms with Gasteiger partial charge in [0.25, 0.3) is 5.91 Å². The third-order valence-corrected chi connectivity index (χ3v) is 5.14. The van der Waals surface area contributed by atoms with E-state index in [0.29, 0.717) is 15.3 Å². The molecule has 20 heavy (non-hydrogen) atoms.